The molecular weight excluding hydrogens is 364 g/mol. The van der Waals surface area contributed by atoms with E-state index in [0.717, 1.165) is 62.8 Å². The molecule has 2 aliphatic rings. The summed E-state index contributed by atoms with van der Waals surface area (Å²) in [4.78, 5) is 30.6. The van der Waals surface area contributed by atoms with E-state index in [0.29, 0.717) is 0 Å². The standard InChI is InChI=1S/C22H24N6O/c29-22(18-7-9-28-16-23-15-19(28)14-18)27-12-10-26(11-13-27)20-6-8-24-21(25-20)17-4-2-1-3-5-17/h1-6,8,15-16,18H,7,9-14H2/t18-/m0/s1. The molecular formula is C22H24N6O. The number of hydrogen-bond donors (Lipinski definition) is 0. The topological polar surface area (TPSA) is 67.2 Å². The van der Waals surface area contributed by atoms with E-state index in [2.05, 4.69) is 19.4 Å². The van der Waals surface area contributed by atoms with Crippen molar-refractivity contribution in [1.29, 1.82) is 0 Å². The van der Waals surface area contributed by atoms with Crippen LogP contribution in [0.5, 0.6) is 0 Å². The van der Waals surface area contributed by atoms with Gasteiger partial charge in [0.15, 0.2) is 5.82 Å². The third-order valence-electron chi connectivity index (χ3n) is 5.91. The number of aromatic nitrogens is 4. The van der Waals surface area contributed by atoms with Gasteiger partial charge in [-0.05, 0) is 12.5 Å². The van der Waals surface area contributed by atoms with Gasteiger partial charge in [0.1, 0.15) is 5.82 Å². The van der Waals surface area contributed by atoms with Crippen LogP contribution in [0.3, 0.4) is 0 Å². The molecule has 29 heavy (non-hydrogen) atoms. The highest BCUT2D eigenvalue weighted by atomic mass is 16.2. The average molecular weight is 388 g/mol. The fraction of sp³-hybridized carbons (Fsp3) is 0.364. The minimum absolute atomic E-state index is 0.0782. The Labute approximate surface area is 170 Å². The summed E-state index contributed by atoms with van der Waals surface area (Å²) in [5.41, 5.74) is 2.18. The first-order chi connectivity index (χ1) is 14.3. The van der Waals surface area contributed by atoms with Crippen LogP contribution in [0.1, 0.15) is 12.1 Å². The normalized spacial score (nSPS) is 19.1. The third-order valence-corrected chi connectivity index (χ3v) is 5.91. The lowest BCUT2D eigenvalue weighted by atomic mass is 9.94. The van der Waals surface area contributed by atoms with Gasteiger partial charge in [0.2, 0.25) is 5.91 Å². The first kappa shape index (κ1) is 17.8. The molecule has 1 aromatic carbocycles. The Balaban J connectivity index is 1.22. The number of benzene rings is 1. The molecule has 3 aromatic rings. The van der Waals surface area contributed by atoms with Crippen molar-refractivity contribution in [2.75, 3.05) is 31.1 Å². The summed E-state index contributed by atoms with van der Waals surface area (Å²) in [6.07, 6.45) is 7.25. The fourth-order valence-electron chi connectivity index (χ4n) is 4.25. The van der Waals surface area contributed by atoms with Crippen LogP contribution in [0.15, 0.2) is 55.1 Å². The van der Waals surface area contributed by atoms with Crippen LogP contribution in [0, 0.1) is 5.92 Å². The molecule has 2 aromatic heterocycles. The van der Waals surface area contributed by atoms with Gasteiger partial charge < -0.3 is 14.4 Å². The van der Waals surface area contributed by atoms with Crippen LogP contribution >= 0.6 is 0 Å². The molecule has 1 fully saturated rings. The predicted molar refractivity (Wildman–Crippen MR) is 110 cm³/mol. The van der Waals surface area contributed by atoms with Gasteiger partial charge in [-0.2, -0.15) is 0 Å². The van der Waals surface area contributed by atoms with Gasteiger partial charge in [-0.1, -0.05) is 30.3 Å². The van der Waals surface area contributed by atoms with Crippen molar-refractivity contribution in [1.82, 2.24) is 24.4 Å². The van der Waals surface area contributed by atoms with Crippen molar-refractivity contribution in [3.8, 4) is 11.4 Å². The van der Waals surface area contributed by atoms with Gasteiger partial charge in [-0.3, -0.25) is 4.79 Å². The van der Waals surface area contributed by atoms with Crippen molar-refractivity contribution >= 4 is 11.7 Å². The van der Waals surface area contributed by atoms with Crippen molar-refractivity contribution in [2.24, 2.45) is 5.92 Å². The van der Waals surface area contributed by atoms with Crippen molar-refractivity contribution in [2.45, 2.75) is 19.4 Å². The molecule has 1 amide bonds. The van der Waals surface area contributed by atoms with E-state index in [1.165, 1.54) is 5.69 Å². The Hall–Kier alpha value is -3.22. The molecule has 0 aliphatic carbocycles. The lowest BCUT2D eigenvalue weighted by Crippen LogP contribution is -2.51. The van der Waals surface area contributed by atoms with Gasteiger partial charge in [-0.25, -0.2) is 15.0 Å². The van der Waals surface area contributed by atoms with Crippen molar-refractivity contribution < 1.29 is 4.79 Å². The van der Waals surface area contributed by atoms with Crippen LogP contribution in [-0.2, 0) is 17.8 Å². The lowest BCUT2D eigenvalue weighted by molar-refractivity contribution is -0.136. The smallest absolute Gasteiger partial charge is 0.226 e. The second-order valence-corrected chi connectivity index (χ2v) is 7.68. The van der Waals surface area contributed by atoms with E-state index in [1.54, 1.807) is 0 Å². The van der Waals surface area contributed by atoms with Crippen LogP contribution in [0.2, 0.25) is 0 Å². The highest BCUT2D eigenvalue weighted by Crippen LogP contribution is 2.24. The summed E-state index contributed by atoms with van der Waals surface area (Å²) >= 11 is 0. The highest BCUT2D eigenvalue weighted by Gasteiger charge is 2.30. The van der Waals surface area contributed by atoms with Gasteiger partial charge >= 0.3 is 0 Å². The summed E-state index contributed by atoms with van der Waals surface area (Å²) in [5.74, 6) is 2.02. The van der Waals surface area contributed by atoms with Crippen molar-refractivity contribution in [3.63, 3.8) is 0 Å². The van der Waals surface area contributed by atoms with Crippen LogP contribution in [-0.4, -0.2) is 56.5 Å². The SMILES string of the molecule is O=C([C@H]1CCn2cncc2C1)N1CCN(c2ccnc(-c3ccccc3)n2)CC1. The van der Waals surface area contributed by atoms with E-state index < -0.39 is 0 Å². The minimum atomic E-state index is 0.0782. The van der Waals surface area contributed by atoms with Crippen LogP contribution in [0.4, 0.5) is 5.82 Å². The molecule has 7 heteroatoms. The first-order valence-electron chi connectivity index (χ1n) is 10.2. The number of piperazine rings is 1. The molecule has 0 N–H and O–H groups in total. The molecule has 148 valence electrons. The number of nitrogens with zero attached hydrogens (tertiary/aromatic N) is 6. The first-order valence-corrected chi connectivity index (χ1v) is 10.2. The van der Waals surface area contributed by atoms with Crippen molar-refractivity contribution in [3.05, 3.63) is 60.8 Å². The van der Waals surface area contributed by atoms with E-state index in [4.69, 9.17) is 4.98 Å². The average Bonchev–Trinajstić information content (AvgIpc) is 3.27. The van der Waals surface area contributed by atoms with E-state index in [9.17, 15) is 4.79 Å². The Morgan fingerprint density at radius 1 is 1.00 bits per heavy atom. The fourth-order valence-corrected chi connectivity index (χ4v) is 4.25. The Kier molecular flexibility index (Phi) is 4.71. The summed E-state index contributed by atoms with van der Waals surface area (Å²) in [6, 6.07) is 12.0. The summed E-state index contributed by atoms with van der Waals surface area (Å²) in [5, 5.41) is 0. The Morgan fingerprint density at radius 2 is 1.83 bits per heavy atom. The Bertz CT molecular complexity index is 993. The molecule has 2 aliphatic heterocycles. The number of carbonyl (C=O) groups excluding carboxylic acids is 1. The molecule has 1 saturated heterocycles. The molecule has 4 heterocycles. The second kappa shape index (κ2) is 7.66. The number of fused-ring (bicyclic) bond motifs is 1. The maximum absolute atomic E-state index is 13.0. The number of imidazole rings is 1. The van der Waals surface area contributed by atoms with Gasteiger partial charge in [0.25, 0.3) is 0 Å². The van der Waals surface area contributed by atoms with Gasteiger partial charge in [0.05, 0.1) is 6.33 Å². The number of rotatable bonds is 3. The highest BCUT2D eigenvalue weighted by molar-refractivity contribution is 5.79. The molecule has 0 spiro atoms. The maximum atomic E-state index is 13.0. The monoisotopic (exact) mass is 388 g/mol. The van der Waals surface area contributed by atoms with Gasteiger partial charge in [-0.15, -0.1) is 0 Å². The maximum Gasteiger partial charge on any atom is 0.226 e. The quantitative estimate of drug-likeness (QED) is 0.689. The molecule has 0 unspecified atom stereocenters. The number of carbonyl (C=O) groups is 1. The number of hydrogen-bond acceptors (Lipinski definition) is 5. The number of aryl methyl sites for hydroxylation is 1. The number of anilines is 1. The zero-order chi connectivity index (χ0) is 19.6. The third kappa shape index (κ3) is 3.60. The van der Waals surface area contributed by atoms with E-state index in [1.807, 2.05) is 60.0 Å². The summed E-state index contributed by atoms with van der Waals surface area (Å²) in [7, 11) is 0. The summed E-state index contributed by atoms with van der Waals surface area (Å²) in [6.45, 7) is 3.94. The zero-order valence-corrected chi connectivity index (χ0v) is 16.3. The number of amides is 1. The molecule has 1 atom stereocenters. The summed E-state index contributed by atoms with van der Waals surface area (Å²) < 4.78 is 2.15. The van der Waals surface area contributed by atoms with E-state index >= 15 is 0 Å². The Morgan fingerprint density at radius 3 is 2.66 bits per heavy atom. The predicted octanol–water partition coefficient (Wildman–Crippen LogP) is 2.25. The van der Waals surface area contributed by atoms with Crippen LogP contribution < -0.4 is 4.90 Å². The second-order valence-electron chi connectivity index (χ2n) is 7.68. The van der Waals surface area contributed by atoms with Crippen LogP contribution in [0.25, 0.3) is 11.4 Å². The molecule has 0 radical (unpaired) electrons. The van der Waals surface area contributed by atoms with Gasteiger partial charge in [0, 0.05) is 68.7 Å². The molecule has 0 bridgehead atoms. The van der Waals surface area contributed by atoms with E-state index in [-0.39, 0.29) is 11.8 Å². The lowest BCUT2D eigenvalue weighted by Gasteiger charge is -2.37. The molecule has 0 saturated carbocycles. The molecule has 7 nitrogen and oxygen atoms in total. The zero-order valence-electron chi connectivity index (χ0n) is 16.3. The largest absolute Gasteiger partial charge is 0.353 e. The molecule has 5 rings (SSSR count). The minimum Gasteiger partial charge on any atom is -0.353 e.